The van der Waals surface area contributed by atoms with Crippen molar-refractivity contribution in [3.8, 4) is 0 Å². The van der Waals surface area contributed by atoms with Crippen molar-refractivity contribution in [2.24, 2.45) is 0 Å². The number of carbonyl (C=O) groups is 2. The molecule has 6 heteroatoms. The van der Waals surface area contributed by atoms with Gasteiger partial charge in [-0.25, -0.2) is 0 Å². The van der Waals surface area contributed by atoms with Gasteiger partial charge in [0.15, 0.2) is 0 Å². The second-order valence-corrected chi connectivity index (χ2v) is 6.82. The van der Waals surface area contributed by atoms with Gasteiger partial charge < -0.3 is 18.8 Å². The Morgan fingerprint density at radius 1 is 1.07 bits per heavy atom. The molecule has 1 N–H and O–H groups in total. The fourth-order valence-electron chi connectivity index (χ4n) is 3.38. The molecule has 6 nitrogen and oxygen atoms in total. The highest BCUT2D eigenvalue weighted by atomic mass is 16.3. The molecule has 0 radical (unpaired) electrons. The Morgan fingerprint density at radius 3 is 2.43 bits per heavy atom. The molecule has 1 unspecified atom stereocenters. The van der Waals surface area contributed by atoms with Crippen LogP contribution < -0.4 is 0 Å². The highest BCUT2D eigenvalue weighted by Crippen LogP contribution is 2.40. The van der Waals surface area contributed by atoms with Crippen LogP contribution in [0.5, 0.6) is 0 Å². The third-order valence-electron chi connectivity index (χ3n) is 4.80. The van der Waals surface area contributed by atoms with E-state index in [0.717, 1.165) is 5.56 Å². The number of ketones is 1. The molecule has 0 bridgehead atoms. The van der Waals surface area contributed by atoms with E-state index in [1.807, 2.05) is 19.1 Å². The predicted octanol–water partition coefficient (Wildman–Crippen LogP) is 4.11. The molecule has 1 saturated heterocycles. The molecule has 4 rings (SSSR count). The zero-order valence-electron chi connectivity index (χ0n) is 15.5. The molecule has 28 heavy (non-hydrogen) atoms. The van der Waals surface area contributed by atoms with Crippen LogP contribution >= 0.6 is 0 Å². The number of nitrogens with zero attached hydrogens (tertiary/aromatic N) is 1. The Kier molecular flexibility index (Phi) is 4.39. The molecular formula is C22H19NO5. The number of benzene rings is 1. The summed E-state index contributed by atoms with van der Waals surface area (Å²) >= 11 is 0. The quantitative estimate of drug-likeness (QED) is 0.420. The van der Waals surface area contributed by atoms with Crippen molar-refractivity contribution in [3.63, 3.8) is 0 Å². The lowest BCUT2D eigenvalue weighted by atomic mass is 9.99. The van der Waals surface area contributed by atoms with Crippen LogP contribution in [0.3, 0.4) is 0 Å². The van der Waals surface area contributed by atoms with Gasteiger partial charge in [-0.15, -0.1) is 0 Å². The summed E-state index contributed by atoms with van der Waals surface area (Å²) in [7, 11) is 0. The minimum Gasteiger partial charge on any atom is -0.507 e. The van der Waals surface area contributed by atoms with E-state index in [4.69, 9.17) is 8.83 Å². The molecule has 1 aromatic carbocycles. The van der Waals surface area contributed by atoms with E-state index in [1.165, 1.54) is 11.2 Å². The van der Waals surface area contributed by atoms with E-state index < -0.39 is 17.7 Å². The number of amides is 1. The summed E-state index contributed by atoms with van der Waals surface area (Å²) in [5, 5.41) is 10.9. The summed E-state index contributed by atoms with van der Waals surface area (Å²) in [5.41, 5.74) is 1.50. The number of furan rings is 2. The van der Waals surface area contributed by atoms with Crippen LogP contribution in [0.2, 0.25) is 0 Å². The molecule has 1 fully saturated rings. The average Bonchev–Trinajstić information content (AvgIpc) is 3.39. The fraction of sp³-hybridized carbons (Fsp3) is 0.182. The number of likely N-dealkylation sites (tertiary alicyclic amines) is 1. The summed E-state index contributed by atoms with van der Waals surface area (Å²) in [4.78, 5) is 27.0. The van der Waals surface area contributed by atoms with Crippen LogP contribution in [0.4, 0.5) is 0 Å². The summed E-state index contributed by atoms with van der Waals surface area (Å²) in [6.07, 6.45) is 1.50. The first-order chi connectivity index (χ1) is 13.5. The minimum absolute atomic E-state index is 0.00904. The summed E-state index contributed by atoms with van der Waals surface area (Å²) in [6, 6.07) is 13.2. The Morgan fingerprint density at radius 2 is 1.82 bits per heavy atom. The first kappa shape index (κ1) is 17.9. The second kappa shape index (κ2) is 6.88. The number of aliphatic hydroxyl groups is 1. The lowest BCUT2D eigenvalue weighted by Crippen LogP contribution is -2.28. The van der Waals surface area contributed by atoms with E-state index in [1.54, 1.807) is 43.3 Å². The number of hydrogen-bond donors (Lipinski definition) is 1. The van der Waals surface area contributed by atoms with Gasteiger partial charge in [0.05, 0.1) is 18.4 Å². The molecule has 1 aliphatic rings. The van der Waals surface area contributed by atoms with Crippen molar-refractivity contribution in [2.45, 2.75) is 26.4 Å². The maximum absolute atomic E-state index is 12.8. The van der Waals surface area contributed by atoms with Crippen molar-refractivity contribution in [1.29, 1.82) is 0 Å². The van der Waals surface area contributed by atoms with Crippen LogP contribution in [-0.2, 0) is 16.1 Å². The average molecular weight is 377 g/mol. The normalized spacial score (nSPS) is 18.8. The maximum atomic E-state index is 12.8. The molecule has 1 amide bonds. The molecule has 0 spiro atoms. The lowest BCUT2D eigenvalue weighted by Gasteiger charge is -2.22. The number of rotatable bonds is 4. The predicted molar refractivity (Wildman–Crippen MR) is 101 cm³/mol. The summed E-state index contributed by atoms with van der Waals surface area (Å²) in [6.45, 7) is 3.80. The van der Waals surface area contributed by atoms with Crippen LogP contribution in [0.15, 0.2) is 69.2 Å². The van der Waals surface area contributed by atoms with Gasteiger partial charge in [0.2, 0.25) is 0 Å². The topological polar surface area (TPSA) is 83.9 Å². The van der Waals surface area contributed by atoms with Gasteiger partial charge in [-0.1, -0.05) is 29.8 Å². The van der Waals surface area contributed by atoms with Crippen LogP contribution in [0.1, 0.15) is 34.4 Å². The molecule has 142 valence electrons. The molecule has 3 aromatic rings. The largest absolute Gasteiger partial charge is 0.507 e. The molecular weight excluding hydrogens is 358 g/mol. The maximum Gasteiger partial charge on any atom is 0.296 e. The van der Waals surface area contributed by atoms with E-state index >= 15 is 0 Å². The fourth-order valence-corrected chi connectivity index (χ4v) is 3.38. The third-order valence-corrected chi connectivity index (χ3v) is 4.80. The first-order valence-corrected chi connectivity index (χ1v) is 8.90. The number of hydrogen-bond acceptors (Lipinski definition) is 5. The van der Waals surface area contributed by atoms with Crippen LogP contribution in [0.25, 0.3) is 5.76 Å². The number of aliphatic hydroxyl groups excluding tert-OH is 1. The van der Waals surface area contributed by atoms with Gasteiger partial charge in [0.1, 0.15) is 29.1 Å². The smallest absolute Gasteiger partial charge is 0.296 e. The molecule has 1 atom stereocenters. The van der Waals surface area contributed by atoms with Gasteiger partial charge in [0, 0.05) is 5.56 Å². The first-order valence-electron chi connectivity index (χ1n) is 8.90. The minimum atomic E-state index is -0.833. The lowest BCUT2D eigenvalue weighted by molar-refractivity contribution is -0.140. The highest BCUT2D eigenvalue weighted by molar-refractivity contribution is 6.46. The Bertz CT molecular complexity index is 1060. The molecule has 1 aliphatic heterocycles. The van der Waals surface area contributed by atoms with E-state index in [9.17, 15) is 14.7 Å². The van der Waals surface area contributed by atoms with Crippen molar-refractivity contribution in [3.05, 3.63) is 88.8 Å². The van der Waals surface area contributed by atoms with Crippen molar-refractivity contribution >= 4 is 17.4 Å². The molecule has 0 aliphatic carbocycles. The summed E-state index contributed by atoms with van der Waals surface area (Å²) in [5.74, 6) is -0.0801. The van der Waals surface area contributed by atoms with Crippen LogP contribution in [-0.4, -0.2) is 21.7 Å². The zero-order valence-corrected chi connectivity index (χ0v) is 15.5. The molecule has 2 aromatic heterocycles. The third kappa shape index (κ3) is 3.03. The van der Waals surface area contributed by atoms with Crippen LogP contribution in [0, 0.1) is 13.8 Å². The highest BCUT2D eigenvalue weighted by Gasteiger charge is 2.47. The van der Waals surface area contributed by atoms with Gasteiger partial charge in [-0.3, -0.25) is 9.59 Å². The van der Waals surface area contributed by atoms with Crippen molar-refractivity contribution in [1.82, 2.24) is 4.90 Å². The van der Waals surface area contributed by atoms with E-state index in [2.05, 4.69) is 0 Å². The molecule has 3 heterocycles. The Balaban J connectivity index is 1.85. The Hall–Kier alpha value is -3.54. The summed E-state index contributed by atoms with van der Waals surface area (Å²) < 4.78 is 11.1. The van der Waals surface area contributed by atoms with Gasteiger partial charge in [0.25, 0.3) is 11.7 Å². The van der Waals surface area contributed by atoms with E-state index in [-0.39, 0.29) is 17.9 Å². The Labute approximate surface area is 161 Å². The monoisotopic (exact) mass is 377 g/mol. The van der Waals surface area contributed by atoms with Gasteiger partial charge >= 0.3 is 0 Å². The van der Waals surface area contributed by atoms with Gasteiger partial charge in [-0.05, 0) is 38.1 Å². The SMILES string of the molecule is Cc1ccc(/C(O)=C2\C(=O)C(=O)N(Cc3ccco3)C2c2ccc(C)o2)cc1. The number of aryl methyl sites for hydroxylation is 2. The number of carbonyl (C=O) groups excluding carboxylic acids is 2. The standard InChI is InChI=1S/C22H19NO5/c1-13-5-8-15(9-6-13)20(24)18-19(17-10-7-14(2)28-17)23(22(26)21(18)25)12-16-4-3-11-27-16/h3-11,19,24H,12H2,1-2H3/b20-18+. The molecule has 0 saturated carbocycles. The zero-order chi connectivity index (χ0) is 19.8. The van der Waals surface area contributed by atoms with Crippen molar-refractivity contribution < 1.29 is 23.5 Å². The van der Waals surface area contributed by atoms with Gasteiger partial charge in [-0.2, -0.15) is 0 Å². The van der Waals surface area contributed by atoms with E-state index in [0.29, 0.717) is 22.8 Å². The second-order valence-electron chi connectivity index (χ2n) is 6.82. The number of Topliss-reactive ketones (excluding diaryl/α,β-unsaturated/α-hetero) is 1. The van der Waals surface area contributed by atoms with Crippen molar-refractivity contribution in [2.75, 3.05) is 0 Å².